The first-order valence-electron chi connectivity index (χ1n) is 28.7. The van der Waals surface area contributed by atoms with Gasteiger partial charge in [0.2, 0.25) is 0 Å². The van der Waals surface area contributed by atoms with Crippen LogP contribution in [0.2, 0.25) is 0 Å². The molecular formula is C62H82BO22. The van der Waals surface area contributed by atoms with Crippen molar-refractivity contribution in [1.82, 2.24) is 0 Å². The van der Waals surface area contributed by atoms with Crippen LogP contribution in [0.25, 0.3) is 0 Å². The number of aliphatic hydroxyl groups is 9. The minimum absolute atomic E-state index is 0. The molecule has 7 fully saturated rings. The van der Waals surface area contributed by atoms with Crippen LogP contribution in [-0.4, -0.2) is 213 Å². The topological polar surface area (TPSA) is 341 Å². The first-order valence-corrected chi connectivity index (χ1v) is 28.7. The van der Waals surface area contributed by atoms with Crippen molar-refractivity contribution in [3.63, 3.8) is 0 Å². The van der Waals surface area contributed by atoms with E-state index in [-0.39, 0.29) is 69.6 Å². The number of carbonyl (C=O) groups is 5. The predicted molar refractivity (Wildman–Crippen MR) is 299 cm³/mol. The molecule has 19 atom stereocenters. The summed E-state index contributed by atoms with van der Waals surface area (Å²) in [6, 6.07) is 16.2. The number of ether oxygens (including phenoxy) is 8. The number of ketones is 1. The standard InChI is InChI=1S/C29H38O10.C29H36O10.C4H8O2.B/c2*1-14-17(31)12-29(36)24(38-25(35)16-9-7-6-8-10-16)22-27(5,23(34)21(33)20(14)26(29,3)4)18(32)11-19-28(22,13-37-19)39-15(2)30;1-2-6-4-3-5-1;/h6-10,17-19,21-24,31-34,36H,11-13H2,1-5H3;6-10,17-19,21-22,24,31-33,36H,11-13H2,1-5H3;1-4H2;/t17-,18-,19?,21+,22-,23+,24-,27+,28-,29+;17-,18-,19?,21+,22-,24-,27+,28-,29+;;/m00../s1. The summed E-state index contributed by atoms with van der Waals surface area (Å²) in [5.41, 5.74) is -11.9. The van der Waals surface area contributed by atoms with Gasteiger partial charge in [-0.25, -0.2) is 9.59 Å². The summed E-state index contributed by atoms with van der Waals surface area (Å²) in [6.07, 6.45) is -15.6. The lowest BCUT2D eigenvalue weighted by Gasteiger charge is -2.69. The number of hydrogen-bond acceptors (Lipinski definition) is 22. The van der Waals surface area contributed by atoms with Crippen LogP contribution in [0.1, 0.15) is 116 Å². The van der Waals surface area contributed by atoms with E-state index in [2.05, 4.69) is 0 Å². The Labute approximate surface area is 496 Å². The first kappa shape index (κ1) is 66.0. The molecule has 0 amide bonds. The fraction of sp³-hybridized carbons (Fsp3) is 0.661. The number of Topliss-reactive ketones (excluding diaryl/α,β-unsaturated/α-hetero) is 1. The number of fused-ring (bicyclic) bond motifs is 10. The molecule has 3 radical (unpaired) electrons. The molecule has 2 aromatic carbocycles. The zero-order valence-electron chi connectivity index (χ0n) is 49.8. The Bertz CT molecular complexity index is 2920. The average Bonchev–Trinajstić information content (AvgIpc) is 0.687. The van der Waals surface area contributed by atoms with Gasteiger partial charge in [0.05, 0.1) is 98.5 Å². The summed E-state index contributed by atoms with van der Waals surface area (Å²) in [5.74, 6) is -6.27. The highest BCUT2D eigenvalue weighted by atomic mass is 16.6. The molecule has 9 aliphatic rings. The molecule has 0 aromatic heterocycles. The van der Waals surface area contributed by atoms with Gasteiger partial charge < -0.3 is 83.9 Å². The Kier molecular flexibility index (Phi) is 18.3. The third kappa shape index (κ3) is 10.1. The van der Waals surface area contributed by atoms with Gasteiger partial charge in [0, 0.05) is 64.2 Å². The third-order valence-electron chi connectivity index (χ3n) is 20.9. The number of benzene rings is 2. The second-order valence-electron chi connectivity index (χ2n) is 25.8. The molecule has 6 aliphatic carbocycles. The van der Waals surface area contributed by atoms with E-state index >= 15 is 0 Å². The molecule has 465 valence electrons. The quantitative estimate of drug-likeness (QED) is 0.0858. The maximum Gasteiger partial charge on any atom is 0.338 e. The Morgan fingerprint density at radius 2 is 0.953 bits per heavy atom. The molecule has 9 N–H and O–H groups in total. The van der Waals surface area contributed by atoms with Crippen LogP contribution in [0.4, 0.5) is 0 Å². The SMILES string of the molecule is C1COCCO1.CC(=O)O[C@@]12COC1C[C@H](O)[C@@]1(C)C(=O)[C@H](O)C3=C(C)[C@@H](O)C[C@@](O)([C@@H](OC(=O)c4ccccc4)[C@@H]12)C3(C)C.CC(=O)O[C@@]12COC1C[C@H](O)[C@@]1(C)[C@H](O)[C@H](O)C3=C(C)[C@@H](O)C[C@@](O)([C@@H](OC(=O)c4ccccc4)[C@@H]12)C3(C)C.[B]. The number of rotatable bonds is 6. The number of aliphatic hydroxyl groups excluding tert-OH is 7. The zero-order valence-corrected chi connectivity index (χ0v) is 49.8. The first-order chi connectivity index (χ1) is 39.2. The van der Waals surface area contributed by atoms with E-state index < -0.39 is 153 Å². The molecular weight excluding hydrogens is 1110 g/mol. The summed E-state index contributed by atoms with van der Waals surface area (Å²) in [6.45, 7) is 18.0. The number of carbonyl (C=O) groups excluding carboxylic acids is 5. The van der Waals surface area contributed by atoms with Crippen molar-refractivity contribution in [1.29, 1.82) is 0 Å². The summed E-state index contributed by atoms with van der Waals surface area (Å²) < 4.78 is 45.4. The van der Waals surface area contributed by atoms with E-state index in [0.717, 1.165) is 26.4 Å². The second kappa shape index (κ2) is 23.5. The zero-order chi connectivity index (χ0) is 61.7. The minimum atomic E-state index is -2.07. The Hall–Kier alpha value is -4.99. The molecule has 4 saturated carbocycles. The second-order valence-corrected chi connectivity index (χ2v) is 25.8. The normalized spacial score (nSPS) is 41.8. The summed E-state index contributed by atoms with van der Waals surface area (Å²) in [7, 11) is 0. The van der Waals surface area contributed by atoms with Gasteiger partial charge in [0.1, 0.15) is 47.8 Å². The van der Waals surface area contributed by atoms with E-state index in [9.17, 15) is 69.9 Å². The summed E-state index contributed by atoms with van der Waals surface area (Å²) in [4.78, 5) is 66.3. The molecule has 3 heterocycles. The van der Waals surface area contributed by atoms with E-state index in [0.29, 0.717) is 11.1 Å². The molecule has 3 saturated heterocycles. The van der Waals surface area contributed by atoms with Gasteiger partial charge in [-0.15, -0.1) is 0 Å². The van der Waals surface area contributed by atoms with E-state index in [1.54, 1.807) is 97.0 Å². The smallest absolute Gasteiger partial charge is 0.338 e. The van der Waals surface area contributed by atoms with Crippen LogP contribution >= 0.6 is 0 Å². The van der Waals surface area contributed by atoms with Crippen LogP contribution < -0.4 is 0 Å². The van der Waals surface area contributed by atoms with Crippen molar-refractivity contribution >= 4 is 38.1 Å². The van der Waals surface area contributed by atoms with E-state index in [1.165, 1.54) is 32.9 Å². The van der Waals surface area contributed by atoms with E-state index in [1.807, 2.05) is 0 Å². The molecule has 0 spiro atoms. The molecule has 23 heteroatoms. The lowest BCUT2D eigenvalue weighted by Crippen LogP contribution is -2.82. The Morgan fingerprint density at radius 1 is 0.565 bits per heavy atom. The molecule has 3 aliphatic heterocycles. The van der Waals surface area contributed by atoms with Gasteiger partial charge in [0.15, 0.2) is 17.0 Å². The largest absolute Gasteiger partial charge is 0.455 e. The average molecular weight is 1190 g/mol. The van der Waals surface area contributed by atoms with Gasteiger partial charge in [-0.1, -0.05) is 71.0 Å². The van der Waals surface area contributed by atoms with Crippen LogP contribution in [0, 0.1) is 33.5 Å². The summed E-state index contributed by atoms with van der Waals surface area (Å²) >= 11 is 0. The van der Waals surface area contributed by atoms with Gasteiger partial charge in [-0.3, -0.25) is 14.4 Å². The van der Waals surface area contributed by atoms with Gasteiger partial charge in [-0.05, 0) is 67.3 Å². The van der Waals surface area contributed by atoms with Crippen molar-refractivity contribution in [2.45, 2.75) is 184 Å². The van der Waals surface area contributed by atoms with Gasteiger partial charge in [-0.2, -0.15) is 0 Å². The summed E-state index contributed by atoms with van der Waals surface area (Å²) in [5, 5.41) is 106. The van der Waals surface area contributed by atoms with Crippen molar-refractivity contribution in [2.75, 3.05) is 39.6 Å². The van der Waals surface area contributed by atoms with Crippen LogP contribution in [0.15, 0.2) is 83.0 Å². The number of esters is 4. The van der Waals surface area contributed by atoms with Gasteiger partial charge in [0.25, 0.3) is 0 Å². The van der Waals surface area contributed by atoms with Crippen molar-refractivity contribution < 1.29 is 108 Å². The monoisotopic (exact) mass is 1190 g/mol. The van der Waals surface area contributed by atoms with Crippen LogP contribution in [0.5, 0.6) is 0 Å². The van der Waals surface area contributed by atoms with Crippen LogP contribution in [-0.2, 0) is 52.3 Å². The maximum atomic E-state index is 14.3. The molecule has 4 bridgehead atoms. The highest BCUT2D eigenvalue weighted by Gasteiger charge is 2.80. The molecule has 85 heavy (non-hydrogen) atoms. The molecule has 11 rings (SSSR count). The Morgan fingerprint density at radius 3 is 1.35 bits per heavy atom. The highest BCUT2D eigenvalue weighted by molar-refractivity contribution is 5.94. The third-order valence-corrected chi connectivity index (χ3v) is 20.9. The maximum absolute atomic E-state index is 14.3. The molecule has 2 unspecified atom stereocenters. The van der Waals surface area contributed by atoms with Crippen molar-refractivity contribution in [3.8, 4) is 0 Å². The lowest BCUT2D eigenvalue weighted by atomic mass is 9.44. The van der Waals surface area contributed by atoms with Crippen molar-refractivity contribution in [2.24, 2.45) is 33.5 Å². The van der Waals surface area contributed by atoms with Gasteiger partial charge >= 0.3 is 23.9 Å². The lowest BCUT2D eigenvalue weighted by molar-refractivity contribution is -0.365. The minimum Gasteiger partial charge on any atom is -0.455 e. The van der Waals surface area contributed by atoms with Crippen molar-refractivity contribution in [3.05, 3.63) is 94.1 Å². The highest BCUT2D eigenvalue weighted by Crippen LogP contribution is 2.66. The Balaban J connectivity index is 0.000000199. The fourth-order valence-electron chi connectivity index (χ4n) is 16.0. The van der Waals surface area contributed by atoms with Crippen LogP contribution in [0.3, 0.4) is 0 Å². The van der Waals surface area contributed by atoms with E-state index in [4.69, 9.17) is 37.9 Å². The fourth-order valence-corrected chi connectivity index (χ4v) is 16.0. The molecule has 2 aromatic rings. The predicted octanol–water partition coefficient (Wildman–Crippen LogP) is 1.61. The number of hydrogen-bond donors (Lipinski definition) is 9. The molecule has 22 nitrogen and oxygen atoms in total.